The molecule has 2 atom stereocenters. The van der Waals surface area contributed by atoms with Gasteiger partial charge in [-0.05, 0) is 26.7 Å². The third kappa shape index (κ3) is 1.74. The van der Waals surface area contributed by atoms with Gasteiger partial charge in [-0.15, -0.1) is 0 Å². The zero-order valence-corrected chi connectivity index (χ0v) is 8.17. The predicted octanol–water partition coefficient (Wildman–Crippen LogP) is 1.73. The second kappa shape index (κ2) is 3.55. The molecule has 2 unspecified atom stereocenters. The second-order valence-corrected chi connectivity index (χ2v) is 3.67. The van der Waals surface area contributed by atoms with E-state index in [0.717, 1.165) is 12.1 Å². The minimum Gasteiger partial charge on any atom is -0.242 e. The third-order valence-corrected chi connectivity index (χ3v) is 2.69. The van der Waals surface area contributed by atoms with Crippen molar-refractivity contribution < 1.29 is 0 Å². The summed E-state index contributed by atoms with van der Waals surface area (Å²) in [6.07, 6.45) is 2.57. The van der Waals surface area contributed by atoms with E-state index in [-0.39, 0.29) is 0 Å². The summed E-state index contributed by atoms with van der Waals surface area (Å²) >= 11 is 0. The second-order valence-electron chi connectivity index (χ2n) is 3.67. The van der Waals surface area contributed by atoms with Crippen LogP contribution in [0, 0.1) is 0 Å². The summed E-state index contributed by atoms with van der Waals surface area (Å²) in [4.78, 5) is 0. The molecule has 0 amide bonds. The highest BCUT2D eigenvalue weighted by atomic mass is 15.7. The number of hydrazine groups is 1. The lowest BCUT2D eigenvalue weighted by Crippen LogP contribution is -2.39. The molecule has 1 saturated heterocycles. The lowest BCUT2D eigenvalue weighted by molar-refractivity contribution is 0.00687. The fourth-order valence-corrected chi connectivity index (χ4v) is 1.94. The molecule has 1 aliphatic rings. The third-order valence-electron chi connectivity index (χ3n) is 2.69. The van der Waals surface area contributed by atoms with Crippen molar-refractivity contribution in [3.05, 3.63) is 0 Å². The van der Waals surface area contributed by atoms with Gasteiger partial charge in [0.15, 0.2) is 0 Å². The average Bonchev–Trinajstić information content (AvgIpc) is 2.17. The highest BCUT2D eigenvalue weighted by Gasteiger charge is 2.30. The Balaban J connectivity index is 2.49. The van der Waals surface area contributed by atoms with Gasteiger partial charge in [-0.1, -0.05) is 6.92 Å². The summed E-state index contributed by atoms with van der Waals surface area (Å²) in [7, 11) is 2.20. The maximum absolute atomic E-state index is 2.48. The van der Waals surface area contributed by atoms with Crippen molar-refractivity contribution >= 4 is 0 Å². The Bertz CT molecular complexity index is 125. The Morgan fingerprint density at radius 3 is 2.27 bits per heavy atom. The monoisotopic (exact) mass is 156 g/mol. The van der Waals surface area contributed by atoms with Crippen molar-refractivity contribution in [2.24, 2.45) is 0 Å². The molecular weight excluding hydrogens is 136 g/mol. The summed E-state index contributed by atoms with van der Waals surface area (Å²) in [5.74, 6) is 0. The van der Waals surface area contributed by atoms with Gasteiger partial charge in [-0.2, -0.15) is 0 Å². The van der Waals surface area contributed by atoms with Crippen LogP contribution in [0.5, 0.6) is 0 Å². The molecule has 2 nitrogen and oxygen atoms in total. The Kier molecular flexibility index (Phi) is 2.90. The van der Waals surface area contributed by atoms with E-state index in [1.807, 2.05) is 0 Å². The Hall–Kier alpha value is -0.0800. The van der Waals surface area contributed by atoms with Gasteiger partial charge >= 0.3 is 0 Å². The lowest BCUT2D eigenvalue weighted by atomic mass is 10.2. The molecule has 0 spiro atoms. The van der Waals surface area contributed by atoms with Crippen LogP contribution in [-0.4, -0.2) is 35.7 Å². The Morgan fingerprint density at radius 2 is 1.91 bits per heavy atom. The van der Waals surface area contributed by atoms with E-state index >= 15 is 0 Å². The predicted molar refractivity (Wildman–Crippen MR) is 48.3 cm³/mol. The SMILES string of the molecule is CCCN1C(C)CC(C)N1C. The Morgan fingerprint density at radius 1 is 1.27 bits per heavy atom. The summed E-state index contributed by atoms with van der Waals surface area (Å²) in [6, 6.07) is 1.48. The van der Waals surface area contributed by atoms with Crippen molar-refractivity contribution in [1.82, 2.24) is 10.0 Å². The first-order valence-corrected chi connectivity index (χ1v) is 4.66. The Labute approximate surface area is 70.1 Å². The maximum atomic E-state index is 2.48. The standard InChI is InChI=1S/C9H20N2/c1-5-6-11-9(3)7-8(2)10(11)4/h8-9H,5-7H2,1-4H3. The minimum atomic E-state index is 0.733. The fraction of sp³-hybridized carbons (Fsp3) is 1.00. The van der Waals surface area contributed by atoms with Crippen LogP contribution < -0.4 is 0 Å². The molecular formula is C9H20N2. The summed E-state index contributed by atoms with van der Waals surface area (Å²) in [5, 5.41) is 4.86. The summed E-state index contributed by atoms with van der Waals surface area (Å²) < 4.78 is 0. The largest absolute Gasteiger partial charge is 0.242 e. The van der Waals surface area contributed by atoms with E-state index in [1.54, 1.807) is 0 Å². The molecule has 0 bridgehead atoms. The van der Waals surface area contributed by atoms with Crippen LogP contribution in [0.25, 0.3) is 0 Å². The molecule has 0 aromatic heterocycles. The van der Waals surface area contributed by atoms with E-state index in [9.17, 15) is 0 Å². The highest BCUT2D eigenvalue weighted by Crippen LogP contribution is 2.22. The first-order chi connectivity index (χ1) is 5.16. The van der Waals surface area contributed by atoms with Crippen LogP contribution in [0.3, 0.4) is 0 Å². The normalized spacial score (nSPS) is 34.9. The minimum absolute atomic E-state index is 0.733. The van der Waals surface area contributed by atoms with E-state index < -0.39 is 0 Å². The van der Waals surface area contributed by atoms with Crippen LogP contribution in [0.1, 0.15) is 33.6 Å². The molecule has 1 rings (SSSR count). The molecule has 0 aromatic rings. The van der Waals surface area contributed by atoms with Gasteiger partial charge in [0.2, 0.25) is 0 Å². The molecule has 1 aliphatic heterocycles. The number of hydrogen-bond donors (Lipinski definition) is 0. The molecule has 0 aliphatic carbocycles. The van der Waals surface area contributed by atoms with Crippen molar-refractivity contribution in [2.75, 3.05) is 13.6 Å². The van der Waals surface area contributed by atoms with Gasteiger partial charge in [0.1, 0.15) is 0 Å². The number of rotatable bonds is 2. The topological polar surface area (TPSA) is 6.48 Å². The van der Waals surface area contributed by atoms with E-state index in [2.05, 4.69) is 37.8 Å². The first-order valence-electron chi connectivity index (χ1n) is 4.66. The van der Waals surface area contributed by atoms with Gasteiger partial charge in [-0.3, -0.25) is 0 Å². The van der Waals surface area contributed by atoms with E-state index in [0.29, 0.717) is 0 Å². The number of hydrogen-bond acceptors (Lipinski definition) is 2. The molecule has 0 N–H and O–H groups in total. The molecule has 0 aromatic carbocycles. The van der Waals surface area contributed by atoms with Crippen LogP contribution in [0.15, 0.2) is 0 Å². The van der Waals surface area contributed by atoms with E-state index in [4.69, 9.17) is 0 Å². The zero-order chi connectivity index (χ0) is 8.43. The molecule has 2 heteroatoms. The van der Waals surface area contributed by atoms with Crippen molar-refractivity contribution in [3.8, 4) is 0 Å². The van der Waals surface area contributed by atoms with Crippen LogP contribution in [0.4, 0.5) is 0 Å². The molecule has 11 heavy (non-hydrogen) atoms. The van der Waals surface area contributed by atoms with Gasteiger partial charge in [0.25, 0.3) is 0 Å². The summed E-state index contributed by atoms with van der Waals surface area (Å²) in [5.41, 5.74) is 0. The maximum Gasteiger partial charge on any atom is 0.0232 e. The quantitative estimate of drug-likeness (QED) is 0.600. The fourth-order valence-electron chi connectivity index (χ4n) is 1.94. The van der Waals surface area contributed by atoms with Crippen LogP contribution in [-0.2, 0) is 0 Å². The van der Waals surface area contributed by atoms with Crippen LogP contribution >= 0.6 is 0 Å². The van der Waals surface area contributed by atoms with Crippen LogP contribution in [0.2, 0.25) is 0 Å². The molecule has 0 saturated carbocycles. The van der Waals surface area contributed by atoms with Gasteiger partial charge in [0, 0.05) is 25.7 Å². The van der Waals surface area contributed by atoms with Crippen molar-refractivity contribution in [1.29, 1.82) is 0 Å². The van der Waals surface area contributed by atoms with Crippen molar-refractivity contribution in [2.45, 2.75) is 45.7 Å². The molecule has 66 valence electrons. The summed E-state index contributed by atoms with van der Waals surface area (Å²) in [6.45, 7) is 8.06. The van der Waals surface area contributed by atoms with Crippen molar-refractivity contribution in [3.63, 3.8) is 0 Å². The van der Waals surface area contributed by atoms with Gasteiger partial charge < -0.3 is 0 Å². The molecule has 0 radical (unpaired) electrons. The first kappa shape index (κ1) is 9.01. The smallest absolute Gasteiger partial charge is 0.0232 e. The molecule has 1 fully saturated rings. The zero-order valence-electron chi connectivity index (χ0n) is 8.17. The highest BCUT2D eigenvalue weighted by molar-refractivity contribution is 4.79. The number of nitrogens with zero attached hydrogens (tertiary/aromatic N) is 2. The van der Waals surface area contributed by atoms with Gasteiger partial charge in [0.05, 0.1) is 0 Å². The van der Waals surface area contributed by atoms with Gasteiger partial charge in [-0.25, -0.2) is 10.0 Å². The van der Waals surface area contributed by atoms with E-state index in [1.165, 1.54) is 19.4 Å². The lowest BCUT2D eigenvalue weighted by Gasteiger charge is -2.28. The molecule has 1 heterocycles. The average molecular weight is 156 g/mol.